The summed E-state index contributed by atoms with van der Waals surface area (Å²) in [6, 6.07) is 4.89. The van der Waals surface area contributed by atoms with E-state index >= 15 is 0 Å². The molecule has 1 aromatic carbocycles. The van der Waals surface area contributed by atoms with E-state index in [1.165, 1.54) is 6.92 Å². The summed E-state index contributed by atoms with van der Waals surface area (Å²) >= 11 is 0. The van der Waals surface area contributed by atoms with Gasteiger partial charge in [0.05, 0.1) is 6.10 Å². The van der Waals surface area contributed by atoms with Crippen LogP contribution in [0.15, 0.2) is 18.2 Å². The molecule has 0 spiro atoms. The summed E-state index contributed by atoms with van der Waals surface area (Å²) < 4.78 is 0. The molecule has 18 heavy (non-hydrogen) atoms. The van der Waals surface area contributed by atoms with Gasteiger partial charge in [0.2, 0.25) is 0 Å². The average Bonchev–Trinajstić information content (AvgIpc) is 2.29. The Morgan fingerprint density at radius 3 is 2.67 bits per heavy atom. The van der Waals surface area contributed by atoms with Crippen molar-refractivity contribution < 1.29 is 15.0 Å². The molecule has 0 aromatic heterocycles. The molecule has 0 bridgehead atoms. The molecule has 0 saturated heterocycles. The first kappa shape index (κ1) is 14.7. The summed E-state index contributed by atoms with van der Waals surface area (Å²) in [5.41, 5.74) is 1.34. The van der Waals surface area contributed by atoms with Crippen molar-refractivity contribution in [2.24, 2.45) is 0 Å². The lowest BCUT2D eigenvalue weighted by Gasteiger charge is -2.18. The average molecular weight is 251 g/mol. The van der Waals surface area contributed by atoms with E-state index in [0.29, 0.717) is 18.5 Å². The minimum Gasteiger partial charge on any atom is -0.508 e. The molecule has 0 saturated carbocycles. The molecule has 0 aliphatic heterocycles. The maximum Gasteiger partial charge on any atom is 0.159 e. The Morgan fingerprint density at radius 2 is 2.11 bits per heavy atom. The van der Waals surface area contributed by atoms with Crippen LogP contribution in [0.3, 0.4) is 0 Å². The zero-order valence-electron chi connectivity index (χ0n) is 11.2. The SMILES string of the molecule is CC(=O)c1ccc(O)c(CN(C)CCC(C)O)c1. The Hall–Kier alpha value is -1.39. The Morgan fingerprint density at radius 1 is 1.44 bits per heavy atom. The van der Waals surface area contributed by atoms with Crippen molar-refractivity contribution in [1.82, 2.24) is 4.90 Å². The van der Waals surface area contributed by atoms with E-state index in [9.17, 15) is 15.0 Å². The van der Waals surface area contributed by atoms with Gasteiger partial charge < -0.3 is 15.1 Å². The summed E-state index contributed by atoms with van der Waals surface area (Å²) in [6.45, 7) is 4.55. The summed E-state index contributed by atoms with van der Waals surface area (Å²) in [7, 11) is 1.92. The molecular formula is C14H21NO3. The molecule has 4 nitrogen and oxygen atoms in total. The van der Waals surface area contributed by atoms with Crippen molar-refractivity contribution >= 4 is 5.78 Å². The Kier molecular flexibility index (Phi) is 5.31. The van der Waals surface area contributed by atoms with Crippen LogP contribution >= 0.6 is 0 Å². The summed E-state index contributed by atoms with van der Waals surface area (Å²) in [4.78, 5) is 13.3. The first-order valence-electron chi connectivity index (χ1n) is 6.09. The lowest BCUT2D eigenvalue weighted by Crippen LogP contribution is -2.22. The van der Waals surface area contributed by atoms with Gasteiger partial charge in [-0.1, -0.05) is 0 Å². The monoisotopic (exact) mass is 251 g/mol. The molecule has 1 aromatic rings. The van der Waals surface area contributed by atoms with Crippen LogP contribution in [-0.2, 0) is 6.54 Å². The normalized spacial score (nSPS) is 12.7. The highest BCUT2D eigenvalue weighted by Gasteiger charge is 2.09. The van der Waals surface area contributed by atoms with E-state index in [4.69, 9.17) is 0 Å². The van der Waals surface area contributed by atoms with E-state index in [-0.39, 0.29) is 17.6 Å². The molecule has 0 amide bonds. The fraction of sp³-hybridized carbons (Fsp3) is 0.500. The number of Topliss-reactive ketones (excluding diaryl/α,β-unsaturated/α-hetero) is 1. The standard InChI is InChI=1S/C14H21NO3/c1-10(16)6-7-15(3)9-13-8-12(11(2)17)4-5-14(13)18/h4-5,8,10,16,18H,6-7,9H2,1-3H3. The van der Waals surface area contributed by atoms with Gasteiger partial charge in [-0.25, -0.2) is 0 Å². The third-order valence-corrected chi connectivity index (χ3v) is 2.85. The summed E-state index contributed by atoms with van der Waals surface area (Å²) in [6.07, 6.45) is 0.355. The van der Waals surface area contributed by atoms with Crippen molar-refractivity contribution in [3.8, 4) is 5.75 Å². The topological polar surface area (TPSA) is 60.8 Å². The van der Waals surface area contributed by atoms with Crippen LogP contribution in [0, 0.1) is 0 Å². The quantitative estimate of drug-likeness (QED) is 0.757. The second kappa shape index (κ2) is 6.52. The number of carbonyl (C=O) groups excluding carboxylic acids is 1. The van der Waals surface area contributed by atoms with Crippen LogP contribution in [0.4, 0.5) is 0 Å². The highest BCUT2D eigenvalue weighted by atomic mass is 16.3. The van der Waals surface area contributed by atoms with Gasteiger partial charge >= 0.3 is 0 Å². The molecule has 1 atom stereocenters. The third-order valence-electron chi connectivity index (χ3n) is 2.85. The molecule has 1 unspecified atom stereocenters. The number of aliphatic hydroxyl groups is 1. The van der Waals surface area contributed by atoms with Gasteiger partial charge in [0, 0.05) is 24.2 Å². The molecule has 0 aliphatic rings. The number of aromatic hydroxyl groups is 1. The number of aliphatic hydroxyl groups excluding tert-OH is 1. The van der Waals surface area contributed by atoms with Crippen LogP contribution in [0.2, 0.25) is 0 Å². The van der Waals surface area contributed by atoms with Gasteiger partial charge in [-0.2, -0.15) is 0 Å². The van der Waals surface area contributed by atoms with Crippen molar-refractivity contribution in [2.45, 2.75) is 32.9 Å². The largest absolute Gasteiger partial charge is 0.508 e. The molecule has 0 radical (unpaired) electrons. The zero-order chi connectivity index (χ0) is 13.7. The molecule has 0 aliphatic carbocycles. The van der Waals surface area contributed by atoms with E-state index in [1.54, 1.807) is 25.1 Å². The molecule has 2 N–H and O–H groups in total. The Bertz CT molecular complexity index is 416. The number of phenols is 1. The molecular weight excluding hydrogens is 230 g/mol. The number of nitrogens with zero attached hydrogens (tertiary/aromatic N) is 1. The third kappa shape index (κ3) is 4.47. The number of hydrogen-bond donors (Lipinski definition) is 2. The number of benzene rings is 1. The van der Waals surface area contributed by atoms with Gasteiger partial charge in [-0.15, -0.1) is 0 Å². The molecule has 0 fully saturated rings. The minimum atomic E-state index is -0.329. The van der Waals surface area contributed by atoms with E-state index in [1.807, 2.05) is 11.9 Å². The highest BCUT2D eigenvalue weighted by molar-refractivity contribution is 5.94. The van der Waals surface area contributed by atoms with Crippen molar-refractivity contribution in [1.29, 1.82) is 0 Å². The van der Waals surface area contributed by atoms with E-state index in [0.717, 1.165) is 12.1 Å². The lowest BCUT2D eigenvalue weighted by atomic mass is 10.1. The predicted octanol–water partition coefficient (Wildman–Crippen LogP) is 1.80. The fourth-order valence-corrected chi connectivity index (χ4v) is 1.71. The van der Waals surface area contributed by atoms with Crippen LogP contribution in [0.5, 0.6) is 5.75 Å². The number of rotatable bonds is 6. The van der Waals surface area contributed by atoms with E-state index < -0.39 is 0 Å². The minimum absolute atomic E-state index is 0.0112. The van der Waals surface area contributed by atoms with Gasteiger partial charge in [0.25, 0.3) is 0 Å². The molecule has 0 heterocycles. The second-order valence-electron chi connectivity index (χ2n) is 4.78. The molecule has 4 heteroatoms. The van der Waals surface area contributed by atoms with Crippen LogP contribution in [0.25, 0.3) is 0 Å². The predicted molar refractivity (Wildman–Crippen MR) is 70.7 cm³/mol. The van der Waals surface area contributed by atoms with Gasteiger partial charge in [-0.3, -0.25) is 4.79 Å². The maximum absolute atomic E-state index is 11.3. The smallest absolute Gasteiger partial charge is 0.159 e. The lowest BCUT2D eigenvalue weighted by molar-refractivity contribution is 0.101. The fourth-order valence-electron chi connectivity index (χ4n) is 1.71. The Balaban J connectivity index is 2.71. The van der Waals surface area contributed by atoms with Gasteiger partial charge in [0.1, 0.15) is 5.75 Å². The Labute approximate surface area is 108 Å². The zero-order valence-corrected chi connectivity index (χ0v) is 11.2. The van der Waals surface area contributed by atoms with Crippen molar-refractivity contribution in [3.63, 3.8) is 0 Å². The van der Waals surface area contributed by atoms with Crippen molar-refractivity contribution in [2.75, 3.05) is 13.6 Å². The van der Waals surface area contributed by atoms with Gasteiger partial charge in [-0.05, 0) is 45.5 Å². The van der Waals surface area contributed by atoms with Crippen LogP contribution in [-0.4, -0.2) is 40.6 Å². The first-order chi connectivity index (χ1) is 8.40. The summed E-state index contributed by atoms with van der Waals surface area (Å²) in [5, 5.41) is 19.0. The van der Waals surface area contributed by atoms with Gasteiger partial charge in [0.15, 0.2) is 5.78 Å². The number of carbonyl (C=O) groups is 1. The second-order valence-corrected chi connectivity index (χ2v) is 4.78. The molecule has 1 rings (SSSR count). The maximum atomic E-state index is 11.3. The van der Waals surface area contributed by atoms with Crippen LogP contribution < -0.4 is 0 Å². The number of ketones is 1. The van der Waals surface area contributed by atoms with Crippen molar-refractivity contribution in [3.05, 3.63) is 29.3 Å². The number of hydrogen-bond acceptors (Lipinski definition) is 4. The molecule has 100 valence electrons. The first-order valence-corrected chi connectivity index (χ1v) is 6.09. The summed E-state index contributed by atoms with van der Waals surface area (Å²) in [5.74, 6) is 0.187. The number of phenolic OH excluding ortho intramolecular Hbond substituents is 1. The highest BCUT2D eigenvalue weighted by Crippen LogP contribution is 2.20. The van der Waals surface area contributed by atoms with E-state index in [2.05, 4.69) is 0 Å². The van der Waals surface area contributed by atoms with Crippen LogP contribution in [0.1, 0.15) is 36.2 Å².